The number of anilines is 1. The molecule has 0 amide bonds. The average molecular weight is 305 g/mol. The summed E-state index contributed by atoms with van der Waals surface area (Å²) in [5, 5.41) is 0. The first kappa shape index (κ1) is 15.4. The Hall–Kier alpha value is -2.97. The van der Waals surface area contributed by atoms with Crippen LogP contribution in [0.4, 0.5) is 5.82 Å². The van der Waals surface area contributed by atoms with Crippen molar-refractivity contribution in [3.8, 4) is 0 Å². The Labute approximate surface area is 125 Å². The summed E-state index contributed by atoms with van der Waals surface area (Å²) in [6, 6.07) is 0. The molecular weight excluding hydrogens is 290 g/mol. The van der Waals surface area contributed by atoms with Gasteiger partial charge in [0.05, 0.1) is 19.3 Å². The van der Waals surface area contributed by atoms with Gasteiger partial charge in [-0.3, -0.25) is 4.57 Å². The highest BCUT2D eigenvalue weighted by atomic mass is 16.5. The molecule has 22 heavy (non-hydrogen) atoms. The number of aromatic nitrogens is 4. The maximum Gasteiger partial charge on any atom is 0.355 e. The lowest BCUT2D eigenvalue weighted by Crippen LogP contribution is -2.15. The minimum atomic E-state index is -0.702. The first-order valence-electron chi connectivity index (χ1n) is 6.57. The quantitative estimate of drug-likeness (QED) is 0.621. The Bertz CT molecular complexity index is 737. The molecule has 0 aliphatic heterocycles. The molecule has 2 aromatic rings. The molecule has 0 atom stereocenters. The van der Waals surface area contributed by atoms with Crippen LogP contribution in [0.15, 0.2) is 18.7 Å². The van der Waals surface area contributed by atoms with Crippen molar-refractivity contribution in [3.63, 3.8) is 0 Å². The molecule has 0 aromatic carbocycles. The summed E-state index contributed by atoms with van der Waals surface area (Å²) in [6.45, 7) is 3.66. The van der Waals surface area contributed by atoms with E-state index in [-0.39, 0.29) is 30.4 Å². The van der Waals surface area contributed by atoms with Gasteiger partial charge in [0.2, 0.25) is 0 Å². The van der Waals surface area contributed by atoms with Crippen molar-refractivity contribution >= 4 is 34.6 Å². The molecule has 0 unspecified atom stereocenters. The van der Waals surface area contributed by atoms with Gasteiger partial charge in [-0.05, 0) is 13.8 Å². The molecule has 9 nitrogen and oxygen atoms in total. The lowest BCUT2D eigenvalue weighted by atomic mass is 10.3. The van der Waals surface area contributed by atoms with Crippen LogP contribution in [-0.2, 0) is 19.1 Å². The van der Waals surface area contributed by atoms with Crippen molar-refractivity contribution in [2.75, 3.05) is 18.9 Å². The lowest BCUT2D eigenvalue weighted by Gasteiger charge is -2.08. The highest BCUT2D eigenvalue weighted by Gasteiger charge is 2.19. The lowest BCUT2D eigenvalue weighted by molar-refractivity contribution is -0.139. The van der Waals surface area contributed by atoms with Crippen LogP contribution < -0.4 is 5.73 Å². The number of rotatable bonds is 5. The first-order valence-corrected chi connectivity index (χ1v) is 6.57. The van der Waals surface area contributed by atoms with Crippen molar-refractivity contribution in [1.82, 2.24) is 19.5 Å². The maximum atomic E-state index is 12.1. The normalized spacial score (nSPS) is 11.5. The second kappa shape index (κ2) is 6.66. The second-order valence-corrected chi connectivity index (χ2v) is 4.05. The fraction of sp³-hybridized carbons (Fsp3) is 0.308. The number of ether oxygens (including phenoxy) is 2. The van der Waals surface area contributed by atoms with E-state index < -0.39 is 11.9 Å². The monoisotopic (exact) mass is 305 g/mol. The predicted molar refractivity (Wildman–Crippen MR) is 77.3 cm³/mol. The van der Waals surface area contributed by atoms with Gasteiger partial charge in [-0.25, -0.2) is 24.5 Å². The zero-order chi connectivity index (χ0) is 16.1. The van der Waals surface area contributed by atoms with E-state index >= 15 is 0 Å². The predicted octanol–water partition coefficient (Wildman–Crippen LogP) is 0.376. The summed E-state index contributed by atoms with van der Waals surface area (Å²) in [5.74, 6) is -1.20. The van der Waals surface area contributed by atoms with E-state index in [4.69, 9.17) is 15.2 Å². The molecule has 0 fully saturated rings. The molecule has 0 radical (unpaired) electrons. The minimum Gasteiger partial charge on any atom is -0.463 e. The Morgan fingerprint density at radius 2 is 1.95 bits per heavy atom. The minimum absolute atomic E-state index is 0.0686. The summed E-state index contributed by atoms with van der Waals surface area (Å²) < 4.78 is 11.1. The van der Waals surface area contributed by atoms with Crippen LogP contribution in [0.25, 0.3) is 16.9 Å². The molecule has 0 aliphatic rings. The number of nitrogens with zero attached hydrogens (tertiary/aromatic N) is 4. The second-order valence-electron chi connectivity index (χ2n) is 4.05. The average Bonchev–Trinajstić information content (AvgIpc) is 2.90. The first-order chi connectivity index (χ1) is 10.6. The summed E-state index contributed by atoms with van der Waals surface area (Å²) >= 11 is 0. The van der Waals surface area contributed by atoms with Gasteiger partial charge in [-0.1, -0.05) is 0 Å². The van der Waals surface area contributed by atoms with Crippen molar-refractivity contribution in [1.29, 1.82) is 0 Å². The van der Waals surface area contributed by atoms with Gasteiger partial charge >= 0.3 is 11.9 Å². The van der Waals surface area contributed by atoms with Crippen molar-refractivity contribution in [3.05, 3.63) is 18.7 Å². The fourth-order valence-electron chi connectivity index (χ4n) is 1.76. The molecule has 2 N–H and O–H groups in total. The summed E-state index contributed by atoms with van der Waals surface area (Å²) in [5.41, 5.74) is 6.24. The number of nitrogen functional groups attached to an aromatic ring is 1. The van der Waals surface area contributed by atoms with Crippen LogP contribution in [-0.4, -0.2) is 44.7 Å². The maximum absolute atomic E-state index is 12.1. The largest absolute Gasteiger partial charge is 0.463 e. The Morgan fingerprint density at radius 3 is 2.64 bits per heavy atom. The highest BCUT2D eigenvalue weighted by molar-refractivity contribution is 6.16. The number of imidazole rings is 1. The van der Waals surface area contributed by atoms with Gasteiger partial charge in [0.15, 0.2) is 17.0 Å². The number of esters is 2. The molecule has 0 saturated carbocycles. The summed E-state index contributed by atoms with van der Waals surface area (Å²) in [6.07, 6.45) is 3.58. The van der Waals surface area contributed by atoms with Gasteiger partial charge < -0.3 is 15.2 Å². The zero-order valence-electron chi connectivity index (χ0n) is 12.1. The smallest absolute Gasteiger partial charge is 0.355 e. The number of carbonyl (C=O) groups excluding carboxylic acids is 2. The van der Waals surface area contributed by atoms with Crippen LogP contribution in [0.2, 0.25) is 0 Å². The van der Waals surface area contributed by atoms with Crippen LogP contribution in [0, 0.1) is 0 Å². The third kappa shape index (κ3) is 3.03. The van der Waals surface area contributed by atoms with Gasteiger partial charge in [-0.15, -0.1) is 0 Å². The van der Waals surface area contributed by atoms with E-state index in [9.17, 15) is 9.59 Å². The van der Waals surface area contributed by atoms with Crippen molar-refractivity contribution in [2.24, 2.45) is 0 Å². The van der Waals surface area contributed by atoms with Gasteiger partial charge in [-0.2, -0.15) is 0 Å². The van der Waals surface area contributed by atoms with Gasteiger partial charge in [0, 0.05) is 0 Å². The molecule has 0 aliphatic carbocycles. The molecule has 0 bridgehead atoms. The summed E-state index contributed by atoms with van der Waals surface area (Å²) in [4.78, 5) is 35.6. The number of nitrogens with two attached hydrogens (primary N) is 1. The van der Waals surface area contributed by atoms with E-state index in [0.29, 0.717) is 5.52 Å². The van der Waals surface area contributed by atoms with Crippen LogP contribution in [0.3, 0.4) is 0 Å². The van der Waals surface area contributed by atoms with Gasteiger partial charge in [0.1, 0.15) is 18.4 Å². The number of carbonyl (C=O) groups is 2. The van der Waals surface area contributed by atoms with E-state index in [1.54, 1.807) is 13.8 Å². The number of hydrogen-bond acceptors (Lipinski definition) is 8. The van der Waals surface area contributed by atoms with E-state index in [1.807, 2.05) is 0 Å². The Balaban J connectivity index is 2.54. The van der Waals surface area contributed by atoms with Crippen LogP contribution >= 0.6 is 0 Å². The summed E-state index contributed by atoms with van der Waals surface area (Å²) in [7, 11) is 0. The SMILES string of the molecule is CCOC(=O)C=C(C(=O)OCC)n1cnc2c(N)ncnc21. The van der Waals surface area contributed by atoms with E-state index in [2.05, 4.69) is 15.0 Å². The van der Waals surface area contributed by atoms with Gasteiger partial charge in [0.25, 0.3) is 0 Å². The third-order valence-electron chi connectivity index (χ3n) is 2.65. The number of fused-ring (bicyclic) bond motifs is 1. The van der Waals surface area contributed by atoms with Crippen LogP contribution in [0.1, 0.15) is 13.8 Å². The molecule has 0 saturated heterocycles. The highest BCUT2D eigenvalue weighted by Crippen LogP contribution is 2.19. The van der Waals surface area contributed by atoms with Crippen molar-refractivity contribution < 1.29 is 19.1 Å². The molecule has 2 aromatic heterocycles. The molecular formula is C13H15N5O4. The Kier molecular flexibility index (Phi) is 4.66. The third-order valence-corrected chi connectivity index (χ3v) is 2.65. The molecule has 0 spiro atoms. The molecule has 116 valence electrons. The van der Waals surface area contributed by atoms with E-state index in [1.165, 1.54) is 17.2 Å². The van der Waals surface area contributed by atoms with Crippen molar-refractivity contribution in [2.45, 2.75) is 13.8 Å². The number of hydrogen-bond donors (Lipinski definition) is 1. The fourth-order valence-corrected chi connectivity index (χ4v) is 1.76. The molecule has 9 heteroatoms. The Morgan fingerprint density at radius 1 is 1.23 bits per heavy atom. The van der Waals surface area contributed by atoms with Crippen LogP contribution in [0.5, 0.6) is 0 Å². The zero-order valence-corrected chi connectivity index (χ0v) is 12.1. The standard InChI is InChI=1S/C13H15N5O4/c1-3-21-9(19)5-8(13(20)22-4-2)18-7-17-10-11(14)15-6-16-12(10)18/h5-7H,3-4H2,1-2H3,(H2,14,15,16). The topological polar surface area (TPSA) is 122 Å². The van der Waals surface area contributed by atoms with E-state index in [0.717, 1.165) is 6.08 Å². The molecule has 2 rings (SSSR count). The molecule has 2 heterocycles.